The zero-order valence-electron chi connectivity index (χ0n) is 13.3. The Morgan fingerprint density at radius 3 is 2.83 bits per heavy atom. The summed E-state index contributed by atoms with van der Waals surface area (Å²) in [7, 11) is 0. The van der Waals surface area contributed by atoms with E-state index in [-0.39, 0.29) is 6.61 Å². The van der Waals surface area contributed by atoms with Gasteiger partial charge in [0.05, 0.1) is 12.0 Å². The molecule has 1 aliphatic heterocycles. The van der Waals surface area contributed by atoms with E-state index in [1.165, 1.54) is 12.8 Å². The molecular formula is C18H23N3O2. The van der Waals surface area contributed by atoms with Gasteiger partial charge in [0.15, 0.2) is 0 Å². The third-order valence-electron chi connectivity index (χ3n) is 4.11. The Morgan fingerprint density at radius 1 is 1.30 bits per heavy atom. The van der Waals surface area contributed by atoms with Crippen molar-refractivity contribution in [1.82, 2.24) is 14.5 Å². The quantitative estimate of drug-likeness (QED) is 0.852. The molecule has 1 saturated heterocycles. The number of aliphatic hydroxyl groups is 1. The summed E-state index contributed by atoms with van der Waals surface area (Å²) < 4.78 is 7.71. The van der Waals surface area contributed by atoms with Crippen LogP contribution in [0.4, 0.5) is 0 Å². The van der Waals surface area contributed by atoms with Crippen LogP contribution in [-0.4, -0.2) is 51.9 Å². The van der Waals surface area contributed by atoms with Crippen molar-refractivity contribution < 1.29 is 9.84 Å². The Balaban J connectivity index is 1.62. The number of para-hydroxylation sites is 1. The van der Waals surface area contributed by atoms with Crippen molar-refractivity contribution >= 4 is 5.70 Å². The standard InChI is InChI=1S/C18H23N3O2/c1-15(21-11-8-19-14-21)17-6-2-3-7-18(17)23-13-16(22)12-20-9-4-5-10-20/h2-3,6-8,11,14,16,22H,1,4-5,9-10,12-13H2. The van der Waals surface area contributed by atoms with Gasteiger partial charge in [-0.25, -0.2) is 4.98 Å². The molecule has 1 aromatic carbocycles. The molecule has 23 heavy (non-hydrogen) atoms. The van der Waals surface area contributed by atoms with Crippen LogP contribution in [0.2, 0.25) is 0 Å². The van der Waals surface area contributed by atoms with Crippen molar-refractivity contribution in [1.29, 1.82) is 0 Å². The van der Waals surface area contributed by atoms with Crippen LogP contribution in [0.3, 0.4) is 0 Å². The second-order valence-corrected chi connectivity index (χ2v) is 5.89. The molecule has 1 aliphatic rings. The topological polar surface area (TPSA) is 50.5 Å². The Labute approximate surface area is 136 Å². The second-order valence-electron chi connectivity index (χ2n) is 5.89. The molecule has 1 aromatic heterocycles. The van der Waals surface area contributed by atoms with E-state index in [9.17, 15) is 5.11 Å². The van der Waals surface area contributed by atoms with Gasteiger partial charge in [0, 0.05) is 24.5 Å². The van der Waals surface area contributed by atoms with Crippen LogP contribution in [-0.2, 0) is 0 Å². The maximum Gasteiger partial charge on any atom is 0.128 e. The van der Waals surface area contributed by atoms with Gasteiger partial charge in [-0.15, -0.1) is 0 Å². The zero-order chi connectivity index (χ0) is 16.1. The predicted octanol–water partition coefficient (Wildman–Crippen LogP) is 2.24. The molecule has 1 atom stereocenters. The van der Waals surface area contributed by atoms with Crippen LogP contribution in [0.15, 0.2) is 49.6 Å². The summed E-state index contributed by atoms with van der Waals surface area (Å²) in [6.45, 7) is 7.21. The second kappa shape index (κ2) is 7.44. The molecule has 0 saturated carbocycles. The zero-order valence-corrected chi connectivity index (χ0v) is 13.3. The molecule has 0 bridgehead atoms. The highest BCUT2D eigenvalue weighted by Crippen LogP contribution is 2.26. The van der Waals surface area contributed by atoms with Gasteiger partial charge in [-0.3, -0.25) is 0 Å². The molecule has 3 rings (SSSR count). The first-order chi connectivity index (χ1) is 11.2. The van der Waals surface area contributed by atoms with Gasteiger partial charge in [-0.05, 0) is 38.1 Å². The highest BCUT2D eigenvalue weighted by Gasteiger charge is 2.17. The van der Waals surface area contributed by atoms with E-state index in [4.69, 9.17) is 4.74 Å². The van der Waals surface area contributed by atoms with Crippen molar-refractivity contribution in [2.45, 2.75) is 18.9 Å². The molecule has 1 unspecified atom stereocenters. The van der Waals surface area contributed by atoms with E-state index < -0.39 is 6.10 Å². The van der Waals surface area contributed by atoms with E-state index in [1.807, 2.05) is 35.0 Å². The lowest BCUT2D eigenvalue weighted by molar-refractivity contribution is 0.0757. The number of imidazole rings is 1. The van der Waals surface area contributed by atoms with E-state index in [0.29, 0.717) is 6.54 Å². The van der Waals surface area contributed by atoms with Crippen molar-refractivity contribution in [2.75, 3.05) is 26.2 Å². The minimum atomic E-state index is -0.484. The third-order valence-corrected chi connectivity index (χ3v) is 4.11. The van der Waals surface area contributed by atoms with Gasteiger partial charge in [-0.2, -0.15) is 0 Å². The highest BCUT2D eigenvalue weighted by molar-refractivity contribution is 5.68. The molecule has 0 radical (unpaired) electrons. The van der Waals surface area contributed by atoms with Gasteiger partial charge in [0.1, 0.15) is 18.5 Å². The summed E-state index contributed by atoms with van der Waals surface area (Å²) in [5.74, 6) is 0.728. The normalized spacial score (nSPS) is 16.4. The lowest BCUT2D eigenvalue weighted by Gasteiger charge is -2.20. The Morgan fingerprint density at radius 2 is 2.09 bits per heavy atom. The molecule has 5 nitrogen and oxygen atoms in total. The molecule has 2 aromatic rings. The predicted molar refractivity (Wildman–Crippen MR) is 90.3 cm³/mol. The lowest BCUT2D eigenvalue weighted by atomic mass is 10.1. The number of rotatable bonds is 7. The fourth-order valence-electron chi connectivity index (χ4n) is 2.89. The van der Waals surface area contributed by atoms with Gasteiger partial charge in [0.2, 0.25) is 0 Å². The van der Waals surface area contributed by atoms with Crippen LogP contribution in [0.5, 0.6) is 5.75 Å². The summed E-state index contributed by atoms with van der Waals surface area (Å²) >= 11 is 0. The summed E-state index contributed by atoms with van der Waals surface area (Å²) in [5, 5.41) is 10.2. The first-order valence-electron chi connectivity index (χ1n) is 8.04. The number of ether oxygens (including phenoxy) is 1. The maximum atomic E-state index is 10.2. The molecule has 122 valence electrons. The molecule has 0 amide bonds. The highest BCUT2D eigenvalue weighted by atomic mass is 16.5. The van der Waals surface area contributed by atoms with Gasteiger partial charge in [-0.1, -0.05) is 18.7 Å². The fraction of sp³-hybridized carbons (Fsp3) is 0.389. The molecule has 2 heterocycles. The molecule has 0 spiro atoms. The first kappa shape index (κ1) is 15.8. The summed E-state index contributed by atoms with van der Waals surface area (Å²) in [6, 6.07) is 7.74. The average molecular weight is 313 g/mol. The lowest BCUT2D eigenvalue weighted by Crippen LogP contribution is -2.33. The monoisotopic (exact) mass is 313 g/mol. The van der Waals surface area contributed by atoms with Crippen LogP contribution in [0.1, 0.15) is 18.4 Å². The Hall–Kier alpha value is -2.11. The fourth-order valence-corrected chi connectivity index (χ4v) is 2.89. The van der Waals surface area contributed by atoms with Crippen LogP contribution < -0.4 is 4.74 Å². The number of benzene rings is 1. The van der Waals surface area contributed by atoms with E-state index in [2.05, 4.69) is 16.5 Å². The molecule has 5 heteroatoms. The summed E-state index contributed by atoms with van der Waals surface area (Å²) in [6.07, 6.45) is 7.24. The van der Waals surface area contributed by atoms with Gasteiger partial charge < -0.3 is 19.3 Å². The smallest absolute Gasteiger partial charge is 0.128 e. The van der Waals surface area contributed by atoms with Crippen LogP contribution in [0, 0.1) is 0 Å². The number of hydrogen-bond acceptors (Lipinski definition) is 4. The molecular weight excluding hydrogens is 290 g/mol. The Kier molecular flexibility index (Phi) is 5.10. The first-order valence-corrected chi connectivity index (χ1v) is 8.04. The number of nitrogens with zero attached hydrogens (tertiary/aromatic N) is 3. The molecule has 0 aliphatic carbocycles. The van der Waals surface area contributed by atoms with Gasteiger partial charge in [0.25, 0.3) is 0 Å². The largest absolute Gasteiger partial charge is 0.490 e. The SMILES string of the molecule is C=C(c1ccccc1OCC(O)CN1CCCC1)n1ccnc1. The summed E-state index contributed by atoms with van der Waals surface area (Å²) in [4.78, 5) is 6.33. The number of hydrogen-bond donors (Lipinski definition) is 1. The molecule has 1 N–H and O–H groups in total. The van der Waals surface area contributed by atoms with Gasteiger partial charge >= 0.3 is 0 Å². The van der Waals surface area contributed by atoms with E-state index in [1.54, 1.807) is 12.5 Å². The number of aliphatic hydroxyl groups excluding tert-OH is 1. The van der Waals surface area contributed by atoms with Crippen LogP contribution in [0.25, 0.3) is 5.70 Å². The summed E-state index contributed by atoms with van der Waals surface area (Å²) in [5.41, 5.74) is 1.70. The van der Waals surface area contributed by atoms with E-state index in [0.717, 1.165) is 30.1 Å². The number of likely N-dealkylation sites (tertiary alicyclic amines) is 1. The Bertz CT molecular complexity index is 633. The minimum absolute atomic E-state index is 0.282. The molecule has 1 fully saturated rings. The van der Waals surface area contributed by atoms with Crippen molar-refractivity contribution in [2.24, 2.45) is 0 Å². The van der Waals surface area contributed by atoms with Crippen molar-refractivity contribution in [3.63, 3.8) is 0 Å². The number of aromatic nitrogens is 2. The van der Waals surface area contributed by atoms with Crippen molar-refractivity contribution in [3.05, 3.63) is 55.1 Å². The van der Waals surface area contributed by atoms with E-state index >= 15 is 0 Å². The maximum absolute atomic E-state index is 10.2. The van der Waals surface area contributed by atoms with Crippen molar-refractivity contribution in [3.8, 4) is 5.75 Å². The average Bonchev–Trinajstić information content (AvgIpc) is 3.26. The number of β-amino-alcohol motifs (C(OH)–C–C–N with tert-alkyl or cyclic N) is 1. The third kappa shape index (κ3) is 4.00. The minimum Gasteiger partial charge on any atom is -0.490 e. The van der Waals surface area contributed by atoms with Crippen LogP contribution >= 0.6 is 0 Å².